The van der Waals surface area contributed by atoms with Crippen molar-refractivity contribution >= 4 is 5.69 Å². The quantitative estimate of drug-likeness (QED) is 0.745. The zero-order chi connectivity index (χ0) is 20.3. The van der Waals surface area contributed by atoms with Crippen molar-refractivity contribution in [2.75, 3.05) is 44.2 Å². The van der Waals surface area contributed by atoms with Crippen molar-refractivity contribution in [2.45, 2.75) is 31.6 Å². The molecule has 4 rings (SSSR count). The lowest BCUT2D eigenvalue weighted by Crippen LogP contribution is -2.53. The predicted octanol–water partition coefficient (Wildman–Crippen LogP) is 4.49. The number of nitrogens with zero attached hydrogens (tertiary/aromatic N) is 3. The maximum atomic E-state index is 13.0. The summed E-state index contributed by atoms with van der Waals surface area (Å²) in [5.41, 5.74) is 1.47. The topological polar surface area (TPSA) is 9.72 Å². The highest BCUT2D eigenvalue weighted by Crippen LogP contribution is 2.32. The summed E-state index contributed by atoms with van der Waals surface area (Å²) in [5.74, 6) is 0. The van der Waals surface area contributed by atoms with Crippen LogP contribution in [0.2, 0.25) is 0 Å². The Balaban J connectivity index is 1.26. The van der Waals surface area contributed by atoms with Gasteiger partial charge in [0.2, 0.25) is 0 Å². The molecule has 29 heavy (non-hydrogen) atoms. The van der Waals surface area contributed by atoms with Crippen LogP contribution in [0.5, 0.6) is 0 Å². The summed E-state index contributed by atoms with van der Waals surface area (Å²) in [7, 11) is 0. The van der Waals surface area contributed by atoms with Crippen LogP contribution >= 0.6 is 0 Å². The summed E-state index contributed by atoms with van der Waals surface area (Å²) in [6.07, 6.45) is -1.96. The van der Waals surface area contributed by atoms with Crippen LogP contribution in [-0.2, 0) is 12.7 Å². The first-order valence-corrected chi connectivity index (χ1v) is 10.4. The molecule has 0 atom stereocenters. The highest BCUT2D eigenvalue weighted by atomic mass is 19.4. The van der Waals surface area contributed by atoms with Crippen LogP contribution in [0.3, 0.4) is 0 Å². The molecule has 156 valence electrons. The monoisotopic (exact) mass is 403 g/mol. The van der Waals surface area contributed by atoms with Gasteiger partial charge in [0.05, 0.1) is 5.56 Å². The third-order valence-electron chi connectivity index (χ3n) is 6.18. The normalized spacial score (nSPS) is 20.2. The minimum atomic E-state index is -4.29. The first-order valence-electron chi connectivity index (χ1n) is 10.4. The zero-order valence-electron chi connectivity index (χ0n) is 16.6. The summed E-state index contributed by atoms with van der Waals surface area (Å²) < 4.78 is 38.9. The van der Waals surface area contributed by atoms with E-state index in [1.165, 1.54) is 17.7 Å². The third kappa shape index (κ3) is 5.11. The number of hydrogen-bond acceptors (Lipinski definition) is 3. The Bertz CT molecular complexity index is 777. The molecule has 0 amide bonds. The van der Waals surface area contributed by atoms with E-state index in [-0.39, 0.29) is 0 Å². The highest BCUT2D eigenvalue weighted by Gasteiger charge is 2.32. The second-order valence-corrected chi connectivity index (χ2v) is 8.06. The van der Waals surface area contributed by atoms with Gasteiger partial charge in [-0.1, -0.05) is 36.4 Å². The smallest absolute Gasteiger partial charge is 0.369 e. The number of likely N-dealkylation sites (tertiary alicyclic amines) is 1. The van der Waals surface area contributed by atoms with Crippen LogP contribution in [0, 0.1) is 0 Å². The van der Waals surface area contributed by atoms with E-state index in [9.17, 15) is 13.2 Å². The van der Waals surface area contributed by atoms with Crippen molar-refractivity contribution < 1.29 is 13.2 Å². The van der Waals surface area contributed by atoms with Crippen LogP contribution in [0.1, 0.15) is 24.0 Å². The molecule has 2 aliphatic heterocycles. The van der Waals surface area contributed by atoms with Gasteiger partial charge >= 0.3 is 6.18 Å². The van der Waals surface area contributed by atoms with Crippen LogP contribution < -0.4 is 4.90 Å². The van der Waals surface area contributed by atoms with Crippen molar-refractivity contribution in [3.05, 3.63) is 65.7 Å². The van der Waals surface area contributed by atoms with Crippen molar-refractivity contribution in [3.8, 4) is 0 Å². The van der Waals surface area contributed by atoms with Crippen LogP contribution in [0.25, 0.3) is 0 Å². The highest BCUT2D eigenvalue weighted by molar-refractivity contribution is 5.49. The minimum Gasteiger partial charge on any atom is -0.369 e. The number of piperidine rings is 1. The summed E-state index contributed by atoms with van der Waals surface area (Å²) >= 11 is 0. The number of hydrogen-bond donors (Lipinski definition) is 0. The molecular formula is C23H28F3N3. The van der Waals surface area contributed by atoms with Gasteiger partial charge in [-0.15, -0.1) is 0 Å². The molecule has 2 aromatic rings. The molecule has 2 fully saturated rings. The van der Waals surface area contributed by atoms with Crippen LogP contribution in [0.15, 0.2) is 54.6 Å². The Morgan fingerprint density at radius 2 is 1.48 bits per heavy atom. The fourth-order valence-corrected chi connectivity index (χ4v) is 4.51. The van der Waals surface area contributed by atoms with Gasteiger partial charge in [0.25, 0.3) is 0 Å². The van der Waals surface area contributed by atoms with E-state index < -0.39 is 11.7 Å². The molecule has 2 aliphatic rings. The first-order chi connectivity index (χ1) is 14.0. The standard InChI is InChI=1S/C23H28F3N3/c24-23(25,26)20-7-4-8-22(17-20)29-15-13-28(14-16-29)21-9-11-27(12-10-21)18-19-5-2-1-3-6-19/h1-8,17,21H,9-16,18H2. The number of anilines is 1. The summed E-state index contributed by atoms with van der Waals surface area (Å²) in [6.45, 7) is 6.62. The van der Waals surface area contributed by atoms with E-state index >= 15 is 0 Å². The molecule has 0 bridgehead atoms. The lowest BCUT2D eigenvalue weighted by Gasteiger charge is -2.43. The fourth-order valence-electron chi connectivity index (χ4n) is 4.51. The zero-order valence-corrected chi connectivity index (χ0v) is 16.6. The average molecular weight is 403 g/mol. The molecule has 2 saturated heterocycles. The molecule has 0 aliphatic carbocycles. The Morgan fingerprint density at radius 1 is 0.793 bits per heavy atom. The molecule has 3 nitrogen and oxygen atoms in total. The summed E-state index contributed by atoms with van der Waals surface area (Å²) in [5, 5.41) is 0. The van der Waals surface area contributed by atoms with Gasteiger partial charge < -0.3 is 4.90 Å². The molecule has 0 unspecified atom stereocenters. The predicted molar refractivity (Wildman–Crippen MR) is 110 cm³/mol. The van der Waals surface area contributed by atoms with E-state index in [2.05, 4.69) is 45.0 Å². The number of piperazine rings is 1. The Kier molecular flexibility index (Phi) is 6.11. The molecule has 0 N–H and O–H groups in total. The van der Waals surface area contributed by atoms with Crippen molar-refractivity contribution in [2.24, 2.45) is 0 Å². The minimum absolute atomic E-state index is 0.566. The van der Waals surface area contributed by atoms with Crippen LogP contribution in [-0.4, -0.2) is 55.1 Å². The van der Waals surface area contributed by atoms with Gasteiger partial charge in [0, 0.05) is 44.5 Å². The first kappa shape index (κ1) is 20.2. The maximum absolute atomic E-state index is 13.0. The van der Waals surface area contributed by atoms with E-state index in [0.717, 1.165) is 64.7 Å². The van der Waals surface area contributed by atoms with E-state index in [0.29, 0.717) is 11.7 Å². The molecule has 0 aromatic heterocycles. The summed E-state index contributed by atoms with van der Waals surface area (Å²) in [6, 6.07) is 16.9. The number of halogens is 3. The van der Waals surface area contributed by atoms with Crippen molar-refractivity contribution in [3.63, 3.8) is 0 Å². The largest absolute Gasteiger partial charge is 0.416 e. The van der Waals surface area contributed by atoms with Gasteiger partial charge in [-0.25, -0.2) is 0 Å². The molecule has 2 aromatic carbocycles. The lowest BCUT2D eigenvalue weighted by atomic mass is 10.0. The van der Waals surface area contributed by atoms with Gasteiger partial charge in [-0.05, 0) is 49.7 Å². The van der Waals surface area contributed by atoms with Gasteiger partial charge in [-0.2, -0.15) is 13.2 Å². The second-order valence-electron chi connectivity index (χ2n) is 8.06. The molecule has 0 radical (unpaired) electrons. The fraction of sp³-hybridized carbons (Fsp3) is 0.478. The Labute approximate surface area is 170 Å². The second kappa shape index (κ2) is 8.76. The maximum Gasteiger partial charge on any atom is 0.416 e. The molecular weight excluding hydrogens is 375 g/mol. The van der Waals surface area contributed by atoms with Gasteiger partial charge in [0.1, 0.15) is 0 Å². The van der Waals surface area contributed by atoms with E-state index in [1.54, 1.807) is 6.07 Å². The third-order valence-corrected chi connectivity index (χ3v) is 6.18. The van der Waals surface area contributed by atoms with E-state index in [1.807, 2.05) is 0 Å². The van der Waals surface area contributed by atoms with E-state index in [4.69, 9.17) is 0 Å². The number of benzene rings is 2. The average Bonchev–Trinajstić information content (AvgIpc) is 2.75. The molecule has 6 heteroatoms. The molecule has 0 saturated carbocycles. The molecule has 0 spiro atoms. The summed E-state index contributed by atoms with van der Waals surface area (Å²) in [4.78, 5) is 7.13. The molecule has 2 heterocycles. The van der Waals surface area contributed by atoms with Gasteiger partial charge in [0.15, 0.2) is 0 Å². The Morgan fingerprint density at radius 3 is 2.14 bits per heavy atom. The Hall–Kier alpha value is -2.05. The number of rotatable bonds is 4. The number of alkyl halides is 3. The van der Waals surface area contributed by atoms with Crippen molar-refractivity contribution in [1.82, 2.24) is 9.80 Å². The van der Waals surface area contributed by atoms with Gasteiger partial charge in [-0.3, -0.25) is 9.80 Å². The van der Waals surface area contributed by atoms with Crippen LogP contribution in [0.4, 0.5) is 18.9 Å². The van der Waals surface area contributed by atoms with Crippen molar-refractivity contribution in [1.29, 1.82) is 0 Å². The SMILES string of the molecule is FC(F)(F)c1cccc(N2CCN(C3CCN(Cc4ccccc4)CC3)CC2)c1. The lowest BCUT2D eigenvalue weighted by molar-refractivity contribution is -0.137.